The van der Waals surface area contributed by atoms with Crippen molar-refractivity contribution >= 4 is 11.9 Å². The van der Waals surface area contributed by atoms with Crippen molar-refractivity contribution < 1.29 is 19.4 Å². The molecule has 6 heteroatoms. The fourth-order valence-corrected chi connectivity index (χ4v) is 2.88. The third kappa shape index (κ3) is 2.47. The minimum absolute atomic E-state index is 0.145. The number of rotatable bonds is 2. The van der Waals surface area contributed by atoms with E-state index >= 15 is 0 Å². The van der Waals surface area contributed by atoms with Gasteiger partial charge in [-0.15, -0.1) is 0 Å². The Bertz CT molecular complexity index is 587. The van der Waals surface area contributed by atoms with Gasteiger partial charge in [-0.3, -0.25) is 14.5 Å². The summed E-state index contributed by atoms with van der Waals surface area (Å²) in [7, 11) is 1.77. The lowest BCUT2D eigenvalue weighted by molar-refractivity contribution is -0.144. The second-order valence-electron chi connectivity index (χ2n) is 5.48. The topological polar surface area (TPSA) is 70.1 Å². The molecule has 112 valence electrons. The van der Waals surface area contributed by atoms with Crippen molar-refractivity contribution in [2.45, 2.75) is 12.5 Å². The third-order valence-electron chi connectivity index (χ3n) is 4.17. The monoisotopic (exact) mass is 290 g/mol. The van der Waals surface area contributed by atoms with Crippen molar-refractivity contribution in [3.63, 3.8) is 0 Å². The van der Waals surface area contributed by atoms with Crippen LogP contribution >= 0.6 is 0 Å². The quantitative estimate of drug-likeness (QED) is 0.857. The molecule has 1 aromatic carbocycles. The van der Waals surface area contributed by atoms with E-state index in [0.717, 1.165) is 12.0 Å². The summed E-state index contributed by atoms with van der Waals surface area (Å²) in [5, 5.41) is 9.23. The van der Waals surface area contributed by atoms with Gasteiger partial charge in [-0.25, -0.2) is 0 Å². The molecule has 2 heterocycles. The van der Waals surface area contributed by atoms with Gasteiger partial charge in [0.2, 0.25) is 0 Å². The molecule has 2 aliphatic heterocycles. The van der Waals surface area contributed by atoms with E-state index in [1.165, 1.54) is 0 Å². The Labute approximate surface area is 122 Å². The molecule has 1 N–H and O–H groups in total. The first-order valence-electron chi connectivity index (χ1n) is 7.05. The zero-order valence-electron chi connectivity index (χ0n) is 11.9. The molecule has 6 nitrogen and oxygen atoms in total. The van der Waals surface area contributed by atoms with Gasteiger partial charge in [0.1, 0.15) is 11.8 Å². The Morgan fingerprint density at radius 1 is 1.33 bits per heavy atom. The summed E-state index contributed by atoms with van der Waals surface area (Å²) in [5.74, 6) is -0.383. The third-order valence-corrected chi connectivity index (χ3v) is 4.17. The van der Waals surface area contributed by atoms with E-state index < -0.39 is 12.0 Å². The van der Waals surface area contributed by atoms with E-state index in [9.17, 15) is 14.7 Å². The summed E-state index contributed by atoms with van der Waals surface area (Å²) in [6, 6.07) is 4.91. The number of ether oxygens (including phenoxy) is 1. The Kier molecular flexibility index (Phi) is 3.55. The normalized spacial score (nSPS) is 21.8. The average molecular weight is 290 g/mol. The number of hydrogen-bond donors (Lipinski definition) is 1. The van der Waals surface area contributed by atoms with Crippen LogP contribution in [0.3, 0.4) is 0 Å². The van der Waals surface area contributed by atoms with Crippen LogP contribution in [0.4, 0.5) is 0 Å². The van der Waals surface area contributed by atoms with Gasteiger partial charge in [0.15, 0.2) is 0 Å². The van der Waals surface area contributed by atoms with E-state index in [1.807, 2.05) is 12.1 Å². The highest BCUT2D eigenvalue weighted by Gasteiger charge is 2.33. The SMILES string of the molecule is CN1CCN(C(=O)c2cccc3c2OCC3)CC1C(=O)O. The molecule has 0 radical (unpaired) electrons. The van der Waals surface area contributed by atoms with Gasteiger partial charge in [0.25, 0.3) is 5.91 Å². The molecule has 1 fully saturated rings. The smallest absolute Gasteiger partial charge is 0.322 e. The molecular weight excluding hydrogens is 272 g/mol. The average Bonchev–Trinajstić information content (AvgIpc) is 2.95. The molecule has 0 spiro atoms. The molecule has 0 bridgehead atoms. The van der Waals surface area contributed by atoms with E-state index in [-0.39, 0.29) is 12.5 Å². The Morgan fingerprint density at radius 2 is 2.14 bits per heavy atom. The van der Waals surface area contributed by atoms with Gasteiger partial charge < -0.3 is 14.7 Å². The molecule has 0 aliphatic carbocycles. The largest absolute Gasteiger partial charge is 0.492 e. The summed E-state index contributed by atoms with van der Waals surface area (Å²) in [6.07, 6.45) is 0.816. The van der Waals surface area contributed by atoms with Crippen molar-refractivity contribution in [3.05, 3.63) is 29.3 Å². The predicted molar refractivity (Wildman–Crippen MR) is 75.6 cm³/mol. The van der Waals surface area contributed by atoms with Crippen molar-refractivity contribution in [3.8, 4) is 5.75 Å². The van der Waals surface area contributed by atoms with Crippen LogP contribution in [0.2, 0.25) is 0 Å². The molecule has 1 atom stereocenters. The fraction of sp³-hybridized carbons (Fsp3) is 0.467. The molecule has 21 heavy (non-hydrogen) atoms. The van der Waals surface area contributed by atoms with Crippen LogP contribution in [0.25, 0.3) is 0 Å². The maximum Gasteiger partial charge on any atom is 0.322 e. The molecular formula is C15H18N2O4. The van der Waals surface area contributed by atoms with Crippen LogP contribution in [0, 0.1) is 0 Å². The van der Waals surface area contributed by atoms with Gasteiger partial charge in [0.05, 0.1) is 12.2 Å². The second-order valence-corrected chi connectivity index (χ2v) is 5.48. The lowest BCUT2D eigenvalue weighted by Crippen LogP contribution is -2.56. The molecule has 0 saturated carbocycles. The lowest BCUT2D eigenvalue weighted by Gasteiger charge is -2.37. The number of benzene rings is 1. The van der Waals surface area contributed by atoms with Crippen LogP contribution in [0.1, 0.15) is 15.9 Å². The predicted octanol–water partition coefficient (Wildman–Crippen LogP) is 0.462. The number of aliphatic carboxylic acids is 1. The van der Waals surface area contributed by atoms with Crippen molar-refractivity contribution in [1.82, 2.24) is 9.80 Å². The number of para-hydroxylation sites is 1. The Balaban J connectivity index is 1.83. The summed E-state index contributed by atoms with van der Waals surface area (Å²) >= 11 is 0. The number of amides is 1. The Morgan fingerprint density at radius 3 is 2.90 bits per heavy atom. The van der Waals surface area contributed by atoms with E-state index in [2.05, 4.69) is 0 Å². The van der Waals surface area contributed by atoms with Crippen LogP contribution in [0.15, 0.2) is 18.2 Å². The number of likely N-dealkylation sites (N-methyl/N-ethyl adjacent to an activating group) is 1. The van der Waals surface area contributed by atoms with Crippen LogP contribution in [-0.2, 0) is 11.2 Å². The highest BCUT2D eigenvalue weighted by molar-refractivity contribution is 5.98. The summed E-state index contributed by atoms with van der Waals surface area (Å²) < 4.78 is 5.56. The van der Waals surface area contributed by atoms with Crippen molar-refractivity contribution in [1.29, 1.82) is 0 Å². The van der Waals surface area contributed by atoms with Gasteiger partial charge in [-0.2, -0.15) is 0 Å². The van der Waals surface area contributed by atoms with Gasteiger partial charge >= 0.3 is 5.97 Å². The molecule has 2 aliphatic rings. The Hall–Kier alpha value is -2.08. The number of nitrogens with zero attached hydrogens (tertiary/aromatic N) is 2. The number of hydrogen-bond acceptors (Lipinski definition) is 4. The number of carbonyl (C=O) groups is 2. The minimum atomic E-state index is -0.899. The zero-order valence-corrected chi connectivity index (χ0v) is 11.9. The van der Waals surface area contributed by atoms with Gasteiger partial charge in [-0.1, -0.05) is 12.1 Å². The highest BCUT2D eigenvalue weighted by atomic mass is 16.5. The van der Waals surface area contributed by atoms with E-state index in [4.69, 9.17) is 4.74 Å². The number of carboxylic acids is 1. The molecule has 1 amide bonds. The van der Waals surface area contributed by atoms with Crippen molar-refractivity contribution in [2.75, 3.05) is 33.3 Å². The fourth-order valence-electron chi connectivity index (χ4n) is 2.88. The van der Waals surface area contributed by atoms with Gasteiger partial charge in [0, 0.05) is 26.1 Å². The van der Waals surface area contributed by atoms with E-state index in [0.29, 0.717) is 31.0 Å². The minimum Gasteiger partial charge on any atom is -0.492 e. The molecule has 1 saturated heterocycles. The van der Waals surface area contributed by atoms with Crippen molar-refractivity contribution in [2.24, 2.45) is 0 Å². The highest BCUT2D eigenvalue weighted by Crippen LogP contribution is 2.30. The first kappa shape index (κ1) is 13.9. The summed E-state index contributed by atoms with van der Waals surface area (Å²) in [4.78, 5) is 27.3. The first-order chi connectivity index (χ1) is 10.1. The molecule has 0 aromatic heterocycles. The zero-order chi connectivity index (χ0) is 15.0. The standard InChI is InChI=1S/C15H18N2O4/c1-16-6-7-17(9-12(16)15(19)20)14(18)11-4-2-3-10-5-8-21-13(10)11/h2-4,12H,5-9H2,1H3,(H,19,20). The summed E-state index contributed by atoms with van der Waals surface area (Å²) in [6.45, 7) is 1.88. The maximum atomic E-state index is 12.7. The van der Waals surface area contributed by atoms with Crippen LogP contribution in [0.5, 0.6) is 5.75 Å². The molecule has 3 rings (SSSR count). The molecule has 1 aromatic rings. The van der Waals surface area contributed by atoms with Crippen LogP contribution in [-0.4, -0.2) is 66.1 Å². The van der Waals surface area contributed by atoms with Gasteiger partial charge in [-0.05, 0) is 18.7 Å². The second kappa shape index (κ2) is 5.37. The first-order valence-corrected chi connectivity index (χ1v) is 7.05. The van der Waals surface area contributed by atoms with Crippen LogP contribution < -0.4 is 4.74 Å². The molecule has 1 unspecified atom stereocenters. The number of carboxylic acid groups (broad SMARTS) is 1. The number of fused-ring (bicyclic) bond motifs is 1. The number of piperazine rings is 1. The van der Waals surface area contributed by atoms with E-state index in [1.54, 1.807) is 22.9 Å². The lowest BCUT2D eigenvalue weighted by atomic mass is 10.1. The summed E-state index contributed by atoms with van der Waals surface area (Å²) in [5.41, 5.74) is 1.59. The maximum absolute atomic E-state index is 12.7. The number of carbonyl (C=O) groups excluding carboxylic acids is 1.